The number of hydrogen-bond donors (Lipinski definition) is 0. The largest absolute Gasteiger partial charge is 0.464 e. The van der Waals surface area contributed by atoms with Crippen LogP contribution < -0.4 is 10.0 Å². The van der Waals surface area contributed by atoms with Crippen LogP contribution in [0.1, 0.15) is 5.56 Å². The lowest BCUT2D eigenvalue weighted by atomic mass is 10.1. The molecule has 3 aromatic rings. The summed E-state index contributed by atoms with van der Waals surface area (Å²) in [6.07, 6.45) is 3.96. The number of allylic oxidation sites excluding steroid dienone is 1. The Morgan fingerprint density at radius 2 is 1.59 bits per heavy atom. The number of anilines is 2. The molecular formula is C25H18BrClN4O2S. The predicted octanol–water partition coefficient (Wildman–Crippen LogP) is 6.28. The number of methoxy groups -OCH3 is 1. The Hall–Kier alpha value is -3.07. The quantitative estimate of drug-likeness (QED) is 0.356. The Morgan fingerprint density at radius 1 is 0.941 bits per heavy atom. The number of hydrazone groups is 2. The Morgan fingerprint density at radius 3 is 2.26 bits per heavy atom. The summed E-state index contributed by atoms with van der Waals surface area (Å²) in [7, 11) is 1.35. The zero-order valence-electron chi connectivity index (χ0n) is 17.9. The third kappa shape index (κ3) is 4.13. The standard InChI is InChI=1S/C25H18BrClN4O2S/c1-33-24(32)23-29-31(21-13-11-19(27)12-14-21)25(34-23)16-15-22(17-7-9-18(26)10-8-17)28-30(25)20-5-3-2-4-6-20/h2-16H,1H3/t25-/m0/s1. The van der Waals surface area contributed by atoms with Crippen LogP contribution in [0.2, 0.25) is 5.02 Å². The molecule has 2 aliphatic rings. The molecule has 0 saturated carbocycles. The van der Waals surface area contributed by atoms with Gasteiger partial charge in [-0.1, -0.05) is 57.9 Å². The molecule has 1 atom stereocenters. The third-order valence-electron chi connectivity index (χ3n) is 5.28. The summed E-state index contributed by atoms with van der Waals surface area (Å²) >= 11 is 10.9. The molecule has 1 spiro atoms. The van der Waals surface area contributed by atoms with Crippen LogP contribution in [-0.4, -0.2) is 28.8 Å². The van der Waals surface area contributed by atoms with Gasteiger partial charge in [0.2, 0.25) is 10.0 Å². The van der Waals surface area contributed by atoms with Gasteiger partial charge in [0, 0.05) is 15.1 Å². The first kappa shape index (κ1) is 22.7. The minimum absolute atomic E-state index is 0.227. The van der Waals surface area contributed by atoms with Gasteiger partial charge >= 0.3 is 5.97 Å². The van der Waals surface area contributed by atoms with Gasteiger partial charge in [-0.15, -0.1) is 0 Å². The molecule has 2 aliphatic heterocycles. The fourth-order valence-corrected chi connectivity index (χ4v) is 5.22. The summed E-state index contributed by atoms with van der Waals surface area (Å²) in [6.45, 7) is 0. The second kappa shape index (κ2) is 9.29. The number of benzene rings is 3. The number of esters is 1. The lowest BCUT2D eigenvalue weighted by Gasteiger charge is -2.43. The lowest BCUT2D eigenvalue weighted by molar-refractivity contribution is -0.132. The molecule has 0 aliphatic carbocycles. The van der Waals surface area contributed by atoms with Gasteiger partial charge in [0.15, 0.2) is 0 Å². The number of ether oxygens (including phenoxy) is 1. The minimum Gasteiger partial charge on any atom is -0.464 e. The number of para-hydroxylation sites is 1. The molecule has 170 valence electrons. The van der Waals surface area contributed by atoms with Crippen LogP contribution in [-0.2, 0) is 9.53 Å². The average molecular weight is 554 g/mol. The molecule has 9 heteroatoms. The number of nitrogens with zero attached hydrogens (tertiary/aromatic N) is 4. The van der Waals surface area contributed by atoms with Crippen LogP contribution >= 0.6 is 39.3 Å². The van der Waals surface area contributed by atoms with Crippen LogP contribution in [0.25, 0.3) is 0 Å². The monoisotopic (exact) mass is 552 g/mol. The molecule has 0 aromatic heterocycles. The van der Waals surface area contributed by atoms with Crippen molar-refractivity contribution in [3.63, 3.8) is 0 Å². The summed E-state index contributed by atoms with van der Waals surface area (Å²) in [6, 6.07) is 25.1. The number of carbonyl (C=O) groups is 1. The Kier molecular flexibility index (Phi) is 6.20. The first-order chi connectivity index (χ1) is 16.5. The van der Waals surface area contributed by atoms with Crippen LogP contribution in [0, 0.1) is 0 Å². The highest BCUT2D eigenvalue weighted by molar-refractivity contribution is 9.10. The number of carbonyl (C=O) groups excluding carboxylic acids is 1. The SMILES string of the molecule is COC(=O)C1=NN(c2ccc(Cl)cc2)[C@@]2(C=CC(c3ccc(Br)cc3)=NN2c2ccccc2)S1. The number of halogens is 2. The Labute approximate surface area is 214 Å². The van der Waals surface area contributed by atoms with Crippen molar-refractivity contribution >= 4 is 67.4 Å². The average Bonchev–Trinajstić information content (AvgIpc) is 3.25. The van der Waals surface area contributed by atoms with E-state index >= 15 is 0 Å². The summed E-state index contributed by atoms with van der Waals surface area (Å²) in [5.41, 5.74) is 3.34. The first-order valence-corrected chi connectivity index (χ1v) is 12.3. The first-order valence-electron chi connectivity index (χ1n) is 10.3. The highest BCUT2D eigenvalue weighted by Crippen LogP contribution is 2.48. The molecule has 0 amide bonds. The van der Waals surface area contributed by atoms with Gasteiger partial charge in [0.05, 0.1) is 24.2 Å². The van der Waals surface area contributed by atoms with Crippen molar-refractivity contribution in [2.75, 3.05) is 17.1 Å². The fourth-order valence-electron chi connectivity index (χ4n) is 3.66. The van der Waals surface area contributed by atoms with E-state index in [-0.39, 0.29) is 5.04 Å². The van der Waals surface area contributed by atoms with E-state index in [2.05, 4.69) is 21.0 Å². The number of hydrogen-bond acceptors (Lipinski definition) is 7. The van der Waals surface area contributed by atoms with Crippen molar-refractivity contribution in [1.29, 1.82) is 0 Å². The van der Waals surface area contributed by atoms with Gasteiger partial charge in [0.25, 0.3) is 0 Å². The Balaban J connectivity index is 1.66. The van der Waals surface area contributed by atoms with Crippen LogP contribution in [0.5, 0.6) is 0 Å². The summed E-state index contributed by atoms with van der Waals surface area (Å²) in [5, 5.41) is 14.2. The summed E-state index contributed by atoms with van der Waals surface area (Å²) < 4.78 is 5.98. The topological polar surface area (TPSA) is 57.5 Å². The van der Waals surface area contributed by atoms with Crippen molar-refractivity contribution in [3.05, 3.63) is 106 Å². The highest BCUT2D eigenvalue weighted by atomic mass is 79.9. The zero-order chi connectivity index (χ0) is 23.7. The second-order valence-corrected chi connectivity index (χ2v) is 9.96. The van der Waals surface area contributed by atoms with E-state index in [1.54, 1.807) is 17.1 Å². The smallest absolute Gasteiger partial charge is 0.365 e. The number of rotatable bonds is 4. The molecule has 5 rings (SSSR count). The van der Waals surface area contributed by atoms with Crippen molar-refractivity contribution in [3.8, 4) is 0 Å². The molecule has 0 saturated heterocycles. The normalized spacial score (nSPS) is 19.3. The molecule has 6 nitrogen and oxygen atoms in total. The zero-order valence-corrected chi connectivity index (χ0v) is 21.1. The number of thioether (sulfide) groups is 1. The van der Waals surface area contributed by atoms with Crippen molar-refractivity contribution in [2.24, 2.45) is 10.2 Å². The van der Waals surface area contributed by atoms with Crippen LogP contribution in [0.15, 0.2) is 106 Å². The predicted molar refractivity (Wildman–Crippen MR) is 142 cm³/mol. The summed E-state index contributed by atoms with van der Waals surface area (Å²) in [5.74, 6) is -0.509. The lowest BCUT2D eigenvalue weighted by Crippen LogP contribution is -2.53. The maximum atomic E-state index is 12.5. The molecule has 0 fully saturated rings. The molecule has 0 N–H and O–H groups in total. The van der Waals surface area contributed by atoms with E-state index in [4.69, 9.17) is 21.4 Å². The van der Waals surface area contributed by atoms with Gasteiger partial charge in [-0.2, -0.15) is 10.2 Å². The van der Waals surface area contributed by atoms with Gasteiger partial charge in [-0.25, -0.2) is 14.8 Å². The van der Waals surface area contributed by atoms with E-state index in [1.165, 1.54) is 18.9 Å². The minimum atomic E-state index is -0.975. The van der Waals surface area contributed by atoms with E-state index in [0.717, 1.165) is 27.1 Å². The maximum Gasteiger partial charge on any atom is 0.365 e. The molecular weight excluding hydrogens is 536 g/mol. The van der Waals surface area contributed by atoms with Crippen molar-refractivity contribution < 1.29 is 9.53 Å². The van der Waals surface area contributed by atoms with Gasteiger partial charge < -0.3 is 4.74 Å². The highest BCUT2D eigenvalue weighted by Gasteiger charge is 2.51. The van der Waals surface area contributed by atoms with E-state index in [9.17, 15) is 4.79 Å². The Bertz CT molecular complexity index is 1310. The maximum absolute atomic E-state index is 12.5. The van der Waals surface area contributed by atoms with E-state index < -0.39 is 11.0 Å². The van der Waals surface area contributed by atoms with Gasteiger partial charge in [-0.3, -0.25) is 0 Å². The van der Waals surface area contributed by atoms with E-state index in [1.807, 2.05) is 83.9 Å². The van der Waals surface area contributed by atoms with Crippen molar-refractivity contribution in [1.82, 2.24) is 0 Å². The van der Waals surface area contributed by atoms with Crippen molar-refractivity contribution in [2.45, 2.75) is 4.99 Å². The third-order valence-corrected chi connectivity index (χ3v) is 7.29. The fraction of sp³-hybridized carbons (Fsp3) is 0.0800. The molecule has 2 heterocycles. The van der Waals surface area contributed by atoms with E-state index in [0.29, 0.717) is 5.02 Å². The van der Waals surface area contributed by atoms with Gasteiger partial charge in [0.1, 0.15) is 0 Å². The molecule has 0 radical (unpaired) electrons. The molecule has 0 unspecified atom stereocenters. The molecule has 3 aromatic carbocycles. The van der Waals surface area contributed by atoms with Crippen LogP contribution in [0.3, 0.4) is 0 Å². The molecule has 34 heavy (non-hydrogen) atoms. The molecule has 0 bridgehead atoms. The second-order valence-electron chi connectivity index (χ2n) is 7.42. The van der Waals surface area contributed by atoms with Gasteiger partial charge in [-0.05, 0) is 72.4 Å². The summed E-state index contributed by atoms with van der Waals surface area (Å²) in [4.78, 5) is 11.6. The van der Waals surface area contributed by atoms with Crippen LogP contribution in [0.4, 0.5) is 11.4 Å².